The van der Waals surface area contributed by atoms with Crippen molar-refractivity contribution in [1.29, 1.82) is 0 Å². The van der Waals surface area contributed by atoms with Crippen molar-refractivity contribution in [1.82, 2.24) is 5.32 Å². The summed E-state index contributed by atoms with van der Waals surface area (Å²) in [5, 5.41) is 41.1. The van der Waals surface area contributed by atoms with Gasteiger partial charge in [0.1, 0.15) is 24.4 Å². The van der Waals surface area contributed by atoms with Crippen LogP contribution in [-0.4, -0.2) is 63.6 Å². The van der Waals surface area contributed by atoms with E-state index in [9.17, 15) is 25.2 Å². The molecular weight excluding hydrogens is 398 g/mol. The molecule has 1 rings (SSSR count). The summed E-state index contributed by atoms with van der Waals surface area (Å²) in [6.45, 7) is 1.74. The minimum absolute atomic E-state index is 0.276. The Morgan fingerprint density at radius 1 is 0.806 bits per heavy atom. The van der Waals surface area contributed by atoms with E-state index in [1.54, 1.807) is 0 Å². The number of hydrogen-bond donors (Lipinski definition) is 5. The van der Waals surface area contributed by atoms with Gasteiger partial charge < -0.3 is 30.5 Å². The van der Waals surface area contributed by atoms with Crippen molar-refractivity contribution in [3.8, 4) is 0 Å². The first kappa shape index (κ1) is 28.0. The fourth-order valence-electron chi connectivity index (χ4n) is 3.81. The lowest BCUT2D eigenvalue weighted by Crippen LogP contribution is -2.63. The monoisotopic (exact) mass is 443 g/mol. The number of hydrogen-bond acceptors (Lipinski definition) is 6. The summed E-state index contributed by atoms with van der Waals surface area (Å²) in [6.07, 6.45) is 13.9. The lowest BCUT2D eigenvalue weighted by atomic mass is 9.98. The van der Waals surface area contributed by atoms with Crippen LogP contribution in [0.1, 0.15) is 96.8 Å². The normalized spacial score (nSPS) is 26.4. The smallest absolute Gasteiger partial charge is 0.222 e. The molecule has 1 aliphatic heterocycles. The van der Waals surface area contributed by atoms with Crippen molar-refractivity contribution >= 4 is 5.91 Å². The molecule has 1 saturated heterocycles. The summed E-state index contributed by atoms with van der Waals surface area (Å²) in [6, 6.07) is 0. The highest BCUT2D eigenvalue weighted by Crippen LogP contribution is 2.20. The fraction of sp³-hybridized carbons (Fsp3) is 0.875. The molecule has 1 heterocycles. The number of amides is 1. The van der Waals surface area contributed by atoms with E-state index in [0.717, 1.165) is 32.1 Å². The molecule has 7 heteroatoms. The van der Waals surface area contributed by atoms with Crippen LogP contribution in [0.25, 0.3) is 0 Å². The summed E-state index contributed by atoms with van der Waals surface area (Å²) in [5.74, 6) is -0.276. The summed E-state index contributed by atoms with van der Waals surface area (Å²) >= 11 is 0. The standard InChI is InChI=1S/C24H45NO6/c1-2-3-4-5-6-7-8-9-10-11-12-13-14-15-16-17-20(27)25-24-23(30)22(29)21(28)19(18-26)31-24/h9-10,19,21-24,26,28-30H,2-8,11-18H2,1H3,(H,25,27)/b10-9-/t19?,21-,22-,23?,24+/m0/s1. The molecule has 182 valence electrons. The van der Waals surface area contributed by atoms with Crippen molar-refractivity contribution in [2.45, 2.75) is 127 Å². The maximum absolute atomic E-state index is 12.1. The Balaban J connectivity index is 1.99. The molecule has 0 aromatic carbocycles. The van der Waals surface area contributed by atoms with Gasteiger partial charge in [0.2, 0.25) is 5.91 Å². The van der Waals surface area contributed by atoms with Crippen molar-refractivity contribution in [2.24, 2.45) is 0 Å². The molecule has 0 saturated carbocycles. The second kappa shape index (κ2) is 17.6. The first-order chi connectivity index (χ1) is 15.0. The number of rotatable bonds is 17. The molecule has 1 amide bonds. The third kappa shape index (κ3) is 12.0. The first-order valence-corrected chi connectivity index (χ1v) is 12.3. The van der Waals surface area contributed by atoms with Gasteiger partial charge in [-0.25, -0.2) is 0 Å². The summed E-state index contributed by atoms with van der Waals surface area (Å²) in [4.78, 5) is 12.1. The average Bonchev–Trinajstić information content (AvgIpc) is 2.76. The molecule has 5 N–H and O–H groups in total. The number of carbonyl (C=O) groups excluding carboxylic acids is 1. The van der Waals surface area contributed by atoms with Gasteiger partial charge in [-0.15, -0.1) is 0 Å². The van der Waals surface area contributed by atoms with Gasteiger partial charge in [0.05, 0.1) is 6.61 Å². The molecule has 1 fully saturated rings. The zero-order chi connectivity index (χ0) is 22.9. The van der Waals surface area contributed by atoms with Crippen LogP contribution >= 0.6 is 0 Å². The summed E-state index contributed by atoms with van der Waals surface area (Å²) in [7, 11) is 0. The van der Waals surface area contributed by atoms with E-state index in [4.69, 9.17) is 4.74 Å². The third-order valence-electron chi connectivity index (χ3n) is 5.86. The zero-order valence-electron chi connectivity index (χ0n) is 19.3. The number of carbonyl (C=O) groups is 1. The number of ether oxygens (including phenoxy) is 1. The quantitative estimate of drug-likeness (QED) is 0.174. The van der Waals surface area contributed by atoms with Gasteiger partial charge in [0, 0.05) is 6.42 Å². The van der Waals surface area contributed by atoms with E-state index in [-0.39, 0.29) is 5.91 Å². The number of aliphatic hydroxyl groups is 4. The molecule has 0 aromatic rings. The lowest BCUT2D eigenvalue weighted by molar-refractivity contribution is -0.236. The summed E-state index contributed by atoms with van der Waals surface area (Å²) < 4.78 is 5.28. The van der Waals surface area contributed by atoms with Crippen molar-refractivity contribution < 1.29 is 30.0 Å². The highest BCUT2D eigenvalue weighted by atomic mass is 16.6. The van der Waals surface area contributed by atoms with E-state index in [0.29, 0.717) is 6.42 Å². The molecule has 1 aliphatic rings. The van der Waals surface area contributed by atoms with Crippen LogP contribution in [0.4, 0.5) is 0 Å². The highest BCUT2D eigenvalue weighted by molar-refractivity contribution is 5.76. The Bertz CT molecular complexity index is 485. The van der Waals surface area contributed by atoms with E-state index in [1.807, 2.05) is 0 Å². The molecule has 7 nitrogen and oxygen atoms in total. The molecule has 5 atom stereocenters. The number of unbranched alkanes of at least 4 members (excludes halogenated alkanes) is 11. The van der Waals surface area contributed by atoms with E-state index in [2.05, 4.69) is 24.4 Å². The second-order valence-corrected chi connectivity index (χ2v) is 8.65. The van der Waals surface area contributed by atoms with Crippen molar-refractivity contribution in [3.63, 3.8) is 0 Å². The number of allylic oxidation sites excluding steroid dienone is 2. The molecule has 2 unspecified atom stereocenters. The van der Waals surface area contributed by atoms with Crippen molar-refractivity contribution in [2.75, 3.05) is 6.61 Å². The molecule has 0 radical (unpaired) electrons. The predicted octanol–water partition coefficient (Wildman–Crippen LogP) is 2.94. The molecule has 0 spiro atoms. The van der Waals surface area contributed by atoms with Crippen LogP contribution in [0.5, 0.6) is 0 Å². The fourth-order valence-corrected chi connectivity index (χ4v) is 3.81. The number of aliphatic hydroxyl groups excluding tert-OH is 4. The average molecular weight is 444 g/mol. The molecular formula is C24H45NO6. The van der Waals surface area contributed by atoms with Crippen molar-refractivity contribution in [3.05, 3.63) is 12.2 Å². The first-order valence-electron chi connectivity index (χ1n) is 12.3. The largest absolute Gasteiger partial charge is 0.394 e. The Morgan fingerprint density at radius 2 is 1.35 bits per heavy atom. The zero-order valence-corrected chi connectivity index (χ0v) is 19.3. The molecule has 0 aliphatic carbocycles. The topological polar surface area (TPSA) is 119 Å². The van der Waals surface area contributed by atoms with Crippen LogP contribution in [0.15, 0.2) is 12.2 Å². The van der Waals surface area contributed by atoms with E-state index in [1.165, 1.54) is 51.4 Å². The Morgan fingerprint density at radius 3 is 1.94 bits per heavy atom. The van der Waals surface area contributed by atoms with E-state index < -0.39 is 37.3 Å². The molecule has 31 heavy (non-hydrogen) atoms. The van der Waals surface area contributed by atoms with Crippen LogP contribution < -0.4 is 5.32 Å². The lowest BCUT2D eigenvalue weighted by Gasteiger charge is -2.40. The minimum Gasteiger partial charge on any atom is -0.394 e. The predicted molar refractivity (Wildman–Crippen MR) is 121 cm³/mol. The van der Waals surface area contributed by atoms with Crippen LogP contribution in [0.3, 0.4) is 0 Å². The van der Waals surface area contributed by atoms with Gasteiger partial charge in [-0.3, -0.25) is 4.79 Å². The van der Waals surface area contributed by atoms with Crippen LogP contribution in [0, 0.1) is 0 Å². The summed E-state index contributed by atoms with van der Waals surface area (Å²) in [5.41, 5.74) is 0. The van der Waals surface area contributed by atoms with Gasteiger partial charge in [-0.2, -0.15) is 0 Å². The maximum atomic E-state index is 12.1. The van der Waals surface area contributed by atoms with Crippen LogP contribution in [0.2, 0.25) is 0 Å². The number of nitrogens with one attached hydrogen (secondary N) is 1. The van der Waals surface area contributed by atoms with Gasteiger partial charge in [-0.05, 0) is 32.1 Å². The van der Waals surface area contributed by atoms with Gasteiger partial charge in [-0.1, -0.05) is 70.4 Å². The van der Waals surface area contributed by atoms with Crippen LogP contribution in [-0.2, 0) is 9.53 Å². The second-order valence-electron chi connectivity index (χ2n) is 8.65. The Kier molecular flexibility index (Phi) is 15.9. The van der Waals surface area contributed by atoms with Gasteiger partial charge in [0.25, 0.3) is 0 Å². The SMILES string of the molecule is CCCCCCCC/C=C\CCCCCCCC(=O)N[C@@H]1OC(CO)[C@H](O)[C@H](O)C1O. The van der Waals surface area contributed by atoms with E-state index >= 15 is 0 Å². The molecule has 0 aromatic heterocycles. The highest BCUT2D eigenvalue weighted by Gasteiger charge is 2.43. The Hall–Kier alpha value is -0.990. The Labute approximate surface area is 187 Å². The van der Waals surface area contributed by atoms with Gasteiger partial charge in [0.15, 0.2) is 6.23 Å². The van der Waals surface area contributed by atoms with Gasteiger partial charge >= 0.3 is 0 Å². The maximum Gasteiger partial charge on any atom is 0.222 e. The minimum atomic E-state index is -1.48. The third-order valence-corrected chi connectivity index (χ3v) is 5.86. The molecule has 0 bridgehead atoms.